The molecule has 2 fully saturated rings. The van der Waals surface area contributed by atoms with Crippen LogP contribution < -0.4 is 5.32 Å². The van der Waals surface area contributed by atoms with E-state index >= 15 is 0 Å². The van der Waals surface area contributed by atoms with E-state index in [0.717, 1.165) is 44.2 Å². The lowest BCUT2D eigenvalue weighted by atomic mass is 9.97. The van der Waals surface area contributed by atoms with Gasteiger partial charge in [0.05, 0.1) is 24.8 Å². The number of hydrogen-bond acceptors (Lipinski definition) is 4. The maximum atomic E-state index is 12.3. The lowest BCUT2D eigenvalue weighted by Gasteiger charge is -2.35. The van der Waals surface area contributed by atoms with Crippen LogP contribution in [0.4, 0.5) is 0 Å². The molecule has 1 aromatic heterocycles. The van der Waals surface area contributed by atoms with Gasteiger partial charge in [0.25, 0.3) is 0 Å². The zero-order chi connectivity index (χ0) is 16.8. The predicted octanol–water partition coefficient (Wildman–Crippen LogP) is 3.13. The van der Waals surface area contributed by atoms with Crippen molar-refractivity contribution in [3.8, 4) is 0 Å². The number of furan rings is 1. The minimum atomic E-state index is 0.0869. The number of rotatable bonds is 6. The molecular weight excluding hydrogens is 304 g/mol. The minimum absolute atomic E-state index is 0.0869. The van der Waals surface area contributed by atoms with E-state index in [-0.39, 0.29) is 18.1 Å². The molecule has 3 rings (SSSR count). The number of nitrogens with zero attached hydrogens (tertiary/aromatic N) is 1. The Labute approximate surface area is 144 Å². The average Bonchev–Trinajstić information content (AvgIpc) is 3.12. The molecular formula is C19H30N2O3. The van der Waals surface area contributed by atoms with Crippen molar-refractivity contribution in [1.29, 1.82) is 0 Å². The molecule has 1 aromatic rings. The first-order valence-electron chi connectivity index (χ1n) is 9.38. The van der Waals surface area contributed by atoms with Crippen LogP contribution >= 0.6 is 0 Å². The van der Waals surface area contributed by atoms with Gasteiger partial charge in [-0.2, -0.15) is 0 Å². The molecule has 134 valence electrons. The number of carbonyl (C=O) groups is 1. The van der Waals surface area contributed by atoms with Crippen LogP contribution in [0.5, 0.6) is 0 Å². The first kappa shape index (κ1) is 17.5. The van der Waals surface area contributed by atoms with Crippen LogP contribution in [0.15, 0.2) is 22.8 Å². The normalized spacial score (nSPS) is 24.6. The summed E-state index contributed by atoms with van der Waals surface area (Å²) in [6.07, 6.45) is 7.98. The molecule has 0 aromatic carbocycles. The summed E-state index contributed by atoms with van der Waals surface area (Å²) >= 11 is 0. The molecule has 0 radical (unpaired) electrons. The van der Waals surface area contributed by atoms with Crippen LogP contribution in [0.2, 0.25) is 0 Å². The van der Waals surface area contributed by atoms with Gasteiger partial charge in [0.2, 0.25) is 5.91 Å². The van der Waals surface area contributed by atoms with Gasteiger partial charge in [-0.05, 0) is 63.2 Å². The predicted molar refractivity (Wildman–Crippen MR) is 92.6 cm³/mol. The second-order valence-corrected chi connectivity index (χ2v) is 7.25. The third-order valence-electron chi connectivity index (χ3n) is 5.31. The van der Waals surface area contributed by atoms with Gasteiger partial charge in [-0.25, -0.2) is 0 Å². The van der Waals surface area contributed by atoms with Gasteiger partial charge < -0.3 is 14.5 Å². The van der Waals surface area contributed by atoms with Gasteiger partial charge in [-0.1, -0.05) is 6.92 Å². The van der Waals surface area contributed by atoms with Crippen molar-refractivity contribution in [1.82, 2.24) is 10.2 Å². The quantitative estimate of drug-likeness (QED) is 0.868. The Hall–Kier alpha value is -1.33. The van der Waals surface area contributed by atoms with Gasteiger partial charge in [0, 0.05) is 13.2 Å². The van der Waals surface area contributed by atoms with Crippen LogP contribution in [-0.4, -0.2) is 43.2 Å². The van der Waals surface area contributed by atoms with Crippen LogP contribution in [0, 0.1) is 5.92 Å². The number of piperidine rings is 1. The Kier molecular flexibility index (Phi) is 6.32. The Bertz CT molecular complexity index is 489. The highest BCUT2D eigenvalue weighted by molar-refractivity contribution is 5.76. The summed E-state index contributed by atoms with van der Waals surface area (Å²) in [4.78, 5) is 14.7. The Morgan fingerprint density at radius 3 is 2.83 bits per heavy atom. The van der Waals surface area contributed by atoms with E-state index in [1.54, 1.807) is 6.26 Å². The SMILES string of the molecule is CC1CCN(C(CNC(=O)CC2CCCCO2)c2ccco2)CC1. The van der Waals surface area contributed by atoms with Crippen molar-refractivity contribution >= 4 is 5.91 Å². The van der Waals surface area contributed by atoms with Gasteiger partial charge in [0.1, 0.15) is 5.76 Å². The van der Waals surface area contributed by atoms with E-state index in [4.69, 9.17) is 9.15 Å². The highest BCUT2D eigenvalue weighted by Crippen LogP contribution is 2.26. The van der Waals surface area contributed by atoms with E-state index in [9.17, 15) is 4.79 Å². The fraction of sp³-hybridized carbons (Fsp3) is 0.737. The molecule has 1 amide bonds. The number of nitrogens with one attached hydrogen (secondary N) is 1. The molecule has 3 heterocycles. The molecule has 5 nitrogen and oxygen atoms in total. The topological polar surface area (TPSA) is 54.7 Å². The second kappa shape index (κ2) is 8.67. The zero-order valence-corrected chi connectivity index (χ0v) is 14.7. The monoisotopic (exact) mass is 334 g/mol. The Morgan fingerprint density at radius 2 is 2.17 bits per heavy atom. The third kappa shape index (κ3) is 4.84. The highest BCUT2D eigenvalue weighted by Gasteiger charge is 2.27. The zero-order valence-electron chi connectivity index (χ0n) is 14.7. The summed E-state index contributed by atoms with van der Waals surface area (Å²) in [6.45, 7) is 5.83. The molecule has 0 spiro atoms. The fourth-order valence-electron chi connectivity index (χ4n) is 3.69. The molecule has 0 aliphatic carbocycles. The number of carbonyl (C=O) groups excluding carboxylic acids is 1. The number of ether oxygens (including phenoxy) is 1. The van der Waals surface area contributed by atoms with Crippen molar-refractivity contribution in [2.75, 3.05) is 26.2 Å². The van der Waals surface area contributed by atoms with E-state index in [0.29, 0.717) is 13.0 Å². The van der Waals surface area contributed by atoms with Crippen LogP contribution in [-0.2, 0) is 9.53 Å². The van der Waals surface area contributed by atoms with Crippen molar-refractivity contribution in [3.05, 3.63) is 24.2 Å². The van der Waals surface area contributed by atoms with Crippen LogP contribution in [0.1, 0.15) is 57.3 Å². The number of hydrogen-bond donors (Lipinski definition) is 1. The third-order valence-corrected chi connectivity index (χ3v) is 5.31. The molecule has 0 bridgehead atoms. The van der Waals surface area contributed by atoms with Crippen LogP contribution in [0.3, 0.4) is 0 Å². The number of amides is 1. The summed E-state index contributed by atoms with van der Waals surface area (Å²) in [7, 11) is 0. The smallest absolute Gasteiger partial charge is 0.222 e. The fourth-order valence-corrected chi connectivity index (χ4v) is 3.69. The van der Waals surface area contributed by atoms with Gasteiger partial charge in [-0.3, -0.25) is 9.69 Å². The second-order valence-electron chi connectivity index (χ2n) is 7.25. The Balaban J connectivity index is 1.53. The molecule has 2 saturated heterocycles. The Morgan fingerprint density at radius 1 is 1.33 bits per heavy atom. The first-order valence-corrected chi connectivity index (χ1v) is 9.38. The first-order chi connectivity index (χ1) is 11.7. The van der Waals surface area contributed by atoms with Crippen molar-refractivity contribution in [2.45, 2.75) is 57.6 Å². The number of likely N-dealkylation sites (tertiary alicyclic amines) is 1. The molecule has 2 unspecified atom stereocenters. The largest absolute Gasteiger partial charge is 0.468 e. The molecule has 1 N–H and O–H groups in total. The van der Waals surface area contributed by atoms with Gasteiger partial charge in [-0.15, -0.1) is 0 Å². The van der Waals surface area contributed by atoms with E-state index in [1.807, 2.05) is 12.1 Å². The van der Waals surface area contributed by atoms with Crippen molar-refractivity contribution < 1.29 is 13.9 Å². The summed E-state index contributed by atoms with van der Waals surface area (Å²) in [5, 5.41) is 3.11. The van der Waals surface area contributed by atoms with E-state index in [1.165, 1.54) is 19.3 Å². The summed E-state index contributed by atoms with van der Waals surface area (Å²) < 4.78 is 11.3. The standard InChI is InChI=1S/C19H30N2O3/c1-15-7-9-21(10-8-15)17(18-6-4-12-24-18)14-20-19(22)13-16-5-2-3-11-23-16/h4,6,12,15-17H,2-3,5,7-11,13-14H2,1H3,(H,20,22). The maximum absolute atomic E-state index is 12.3. The molecule has 24 heavy (non-hydrogen) atoms. The highest BCUT2D eigenvalue weighted by atomic mass is 16.5. The molecule has 2 aliphatic rings. The van der Waals surface area contributed by atoms with E-state index < -0.39 is 0 Å². The molecule has 2 aliphatic heterocycles. The summed E-state index contributed by atoms with van der Waals surface area (Å²) in [5.41, 5.74) is 0. The molecule has 0 saturated carbocycles. The average molecular weight is 334 g/mol. The van der Waals surface area contributed by atoms with Gasteiger partial charge >= 0.3 is 0 Å². The van der Waals surface area contributed by atoms with Crippen molar-refractivity contribution in [2.24, 2.45) is 5.92 Å². The maximum Gasteiger partial charge on any atom is 0.222 e. The summed E-state index contributed by atoms with van der Waals surface area (Å²) in [6, 6.07) is 4.06. The van der Waals surface area contributed by atoms with Crippen molar-refractivity contribution in [3.63, 3.8) is 0 Å². The lowest BCUT2D eigenvalue weighted by Crippen LogP contribution is -2.42. The van der Waals surface area contributed by atoms with Gasteiger partial charge in [0.15, 0.2) is 0 Å². The summed E-state index contributed by atoms with van der Waals surface area (Å²) in [5.74, 6) is 1.82. The van der Waals surface area contributed by atoms with E-state index in [2.05, 4.69) is 17.1 Å². The molecule has 2 atom stereocenters. The molecule has 5 heteroatoms. The van der Waals surface area contributed by atoms with Crippen LogP contribution in [0.25, 0.3) is 0 Å². The lowest BCUT2D eigenvalue weighted by molar-refractivity contribution is -0.125. The minimum Gasteiger partial charge on any atom is -0.468 e.